The first kappa shape index (κ1) is 17.6. The van der Waals surface area contributed by atoms with Crippen LogP contribution >= 0.6 is 11.3 Å². The molecule has 2 amide bonds. The second kappa shape index (κ2) is 7.75. The van der Waals surface area contributed by atoms with Gasteiger partial charge in [-0.2, -0.15) is 0 Å². The zero-order chi connectivity index (χ0) is 17.8. The summed E-state index contributed by atoms with van der Waals surface area (Å²) in [4.78, 5) is 37.2. The molecular weight excluding hydrogens is 344 g/mol. The molecule has 0 spiro atoms. The minimum absolute atomic E-state index is 0.0682. The van der Waals surface area contributed by atoms with Crippen LogP contribution in [0.1, 0.15) is 28.9 Å². The number of likely N-dealkylation sites (tertiary alicyclic amines) is 1. The second-order valence-corrected chi connectivity index (χ2v) is 7.15. The predicted molar refractivity (Wildman–Crippen MR) is 93.6 cm³/mol. The van der Waals surface area contributed by atoms with Gasteiger partial charge in [0.1, 0.15) is 6.04 Å². The molecule has 1 unspecified atom stereocenters. The Labute approximate surface area is 149 Å². The second-order valence-electron chi connectivity index (χ2n) is 6.09. The average molecular weight is 364 g/mol. The molecule has 0 aromatic carbocycles. The predicted octanol–water partition coefficient (Wildman–Crippen LogP) is 1.30. The molecule has 8 nitrogen and oxygen atoms in total. The fraction of sp³-hybridized carbons (Fsp3) is 0.500. The summed E-state index contributed by atoms with van der Waals surface area (Å²) >= 11 is 0.848. The van der Waals surface area contributed by atoms with Gasteiger partial charge in [0.25, 0.3) is 5.91 Å². The Morgan fingerprint density at radius 1 is 1.44 bits per heavy atom. The maximum Gasteiger partial charge on any atom is 0.324 e. The van der Waals surface area contributed by atoms with Crippen molar-refractivity contribution in [1.29, 1.82) is 0 Å². The van der Waals surface area contributed by atoms with Crippen molar-refractivity contribution in [2.24, 2.45) is 0 Å². The van der Waals surface area contributed by atoms with Gasteiger partial charge in [0, 0.05) is 25.7 Å². The summed E-state index contributed by atoms with van der Waals surface area (Å²) in [6.45, 7) is 2.72. The average Bonchev–Trinajstić information content (AvgIpc) is 3.29. The fourth-order valence-electron chi connectivity index (χ4n) is 3.11. The molecule has 3 rings (SSSR count). The summed E-state index contributed by atoms with van der Waals surface area (Å²) in [6, 6.07) is 2.28. The van der Waals surface area contributed by atoms with Gasteiger partial charge in [0.2, 0.25) is 5.91 Å². The van der Waals surface area contributed by atoms with Crippen LogP contribution in [0.15, 0.2) is 23.8 Å². The van der Waals surface area contributed by atoms with Crippen molar-refractivity contribution in [3.05, 3.63) is 38.8 Å². The van der Waals surface area contributed by atoms with Gasteiger partial charge in [-0.1, -0.05) is 23.0 Å². The molecule has 9 heteroatoms. The molecule has 2 aliphatic rings. The lowest BCUT2D eigenvalue weighted by molar-refractivity contribution is -0.380. The summed E-state index contributed by atoms with van der Waals surface area (Å²) in [5.41, 5.74) is 1.19. The number of nitrogens with one attached hydrogen (secondary N) is 2. The largest absolute Gasteiger partial charge is 0.351 e. The van der Waals surface area contributed by atoms with Crippen LogP contribution in [0.5, 0.6) is 0 Å². The normalized spacial score (nSPS) is 20.2. The first-order valence-corrected chi connectivity index (χ1v) is 9.09. The van der Waals surface area contributed by atoms with Crippen LogP contribution in [0.4, 0.5) is 5.00 Å². The molecule has 2 N–H and O–H groups in total. The van der Waals surface area contributed by atoms with Crippen molar-refractivity contribution in [2.75, 3.05) is 26.2 Å². The molecule has 1 atom stereocenters. The van der Waals surface area contributed by atoms with E-state index >= 15 is 0 Å². The summed E-state index contributed by atoms with van der Waals surface area (Å²) in [5.74, 6) is -0.465. The topological polar surface area (TPSA) is 105 Å². The van der Waals surface area contributed by atoms with Crippen molar-refractivity contribution in [1.82, 2.24) is 15.5 Å². The number of carbonyl (C=O) groups is 2. The smallest absolute Gasteiger partial charge is 0.324 e. The van der Waals surface area contributed by atoms with E-state index in [0.29, 0.717) is 24.4 Å². The van der Waals surface area contributed by atoms with E-state index in [4.69, 9.17) is 0 Å². The fourth-order valence-corrected chi connectivity index (χ4v) is 3.89. The molecule has 1 aromatic rings. The molecule has 1 aromatic heterocycles. The van der Waals surface area contributed by atoms with Crippen LogP contribution < -0.4 is 10.6 Å². The molecule has 25 heavy (non-hydrogen) atoms. The van der Waals surface area contributed by atoms with E-state index in [0.717, 1.165) is 37.3 Å². The van der Waals surface area contributed by atoms with Crippen LogP contribution in [0.3, 0.4) is 0 Å². The molecule has 2 aliphatic heterocycles. The lowest BCUT2D eigenvalue weighted by Gasteiger charge is -2.24. The van der Waals surface area contributed by atoms with E-state index in [1.807, 2.05) is 0 Å². The van der Waals surface area contributed by atoms with Gasteiger partial charge >= 0.3 is 5.00 Å². The van der Waals surface area contributed by atoms with Crippen LogP contribution in [0, 0.1) is 10.1 Å². The number of thiophene rings is 1. The van der Waals surface area contributed by atoms with Gasteiger partial charge in [-0.25, -0.2) is 0 Å². The zero-order valence-corrected chi connectivity index (χ0v) is 14.5. The number of nitrogens with zero attached hydrogens (tertiary/aromatic N) is 2. The van der Waals surface area contributed by atoms with Gasteiger partial charge in [0.05, 0.1) is 9.80 Å². The molecule has 3 heterocycles. The van der Waals surface area contributed by atoms with Gasteiger partial charge in [0.15, 0.2) is 0 Å². The standard InChI is InChI=1S/C16H20N4O4S/c21-15(18-10-11-5-7-17-8-6-11)12-2-1-9-19(12)16(22)13-3-4-14(25-13)20(23)24/h3-5,12,17H,1-2,6-10H2,(H,18,21). The maximum atomic E-state index is 12.6. The minimum atomic E-state index is -0.512. The highest BCUT2D eigenvalue weighted by molar-refractivity contribution is 7.17. The molecule has 0 bridgehead atoms. The lowest BCUT2D eigenvalue weighted by atomic mass is 10.1. The van der Waals surface area contributed by atoms with E-state index in [-0.39, 0.29) is 16.8 Å². The Morgan fingerprint density at radius 2 is 2.28 bits per heavy atom. The van der Waals surface area contributed by atoms with Crippen molar-refractivity contribution < 1.29 is 14.5 Å². The SMILES string of the molecule is O=C(NCC1=CCNCC1)C1CCCN1C(=O)c1ccc([N+](=O)[O-])s1. The lowest BCUT2D eigenvalue weighted by Crippen LogP contribution is -2.46. The van der Waals surface area contributed by atoms with Crippen molar-refractivity contribution in [2.45, 2.75) is 25.3 Å². The summed E-state index contributed by atoms with van der Waals surface area (Å²) < 4.78 is 0. The first-order valence-electron chi connectivity index (χ1n) is 8.28. The third-order valence-corrected chi connectivity index (χ3v) is 5.47. The Balaban J connectivity index is 1.62. The van der Waals surface area contributed by atoms with Gasteiger partial charge < -0.3 is 15.5 Å². The van der Waals surface area contributed by atoms with Crippen molar-refractivity contribution in [3.63, 3.8) is 0 Å². The number of nitro groups is 1. The molecule has 134 valence electrons. The van der Waals surface area contributed by atoms with Gasteiger partial charge in [-0.15, -0.1) is 0 Å². The molecular formula is C16H20N4O4S. The van der Waals surface area contributed by atoms with Crippen molar-refractivity contribution in [3.8, 4) is 0 Å². The highest BCUT2D eigenvalue weighted by atomic mass is 32.1. The third kappa shape index (κ3) is 4.05. The summed E-state index contributed by atoms with van der Waals surface area (Å²) in [5, 5.41) is 16.9. The monoisotopic (exact) mass is 364 g/mol. The van der Waals surface area contributed by atoms with Crippen LogP contribution in [0.2, 0.25) is 0 Å². The number of rotatable bonds is 5. The highest BCUT2D eigenvalue weighted by Gasteiger charge is 2.35. The van der Waals surface area contributed by atoms with Crippen molar-refractivity contribution >= 4 is 28.2 Å². The Bertz CT molecular complexity index is 715. The minimum Gasteiger partial charge on any atom is -0.351 e. The zero-order valence-electron chi connectivity index (χ0n) is 13.7. The Kier molecular flexibility index (Phi) is 5.44. The molecule has 1 fully saturated rings. The van der Waals surface area contributed by atoms with E-state index in [1.54, 1.807) is 0 Å². The molecule has 1 saturated heterocycles. The number of amides is 2. The maximum absolute atomic E-state index is 12.6. The Hall–Kier alpha value is -2.26. The van der Waals surface area contributed by atoms with E-state index in [9.17, 15) is 19.7 Å². The number of hydrogen-bond donors (Lipinski definition) is 2. The summed E-state index contributed by atoms with van der Waals surface area (Å²) in [7, 11) is 0. The van der Waals surface area contributed by atoms with Crippen LogP contribution in [0.25, 0.3) is 0 Å². The molecule has 0 saturated carbocycles. The van der Waals surface area contributed by atoms with E-state index < -0.39 is 11.0 Å². The summed E-state index contributed by atoms with van der Waals surface area (Å²) in [6.07, 6.45) is 4.36. The number of hydrogen-bond acceptors (Lipinski definition) is 6. The van der Waals surface area contributed by atoms with Crippen LogP contribution in [-0.4, -0.2) is 53.9 Å². The van der Waals surface area contributed by atoms with E-state index in [2.05, 4.69) is 16.7 Å². The van der Waals surface area contributed by atoms with Gasteiger partial charge in [-0.3, -0.25) is 19.7 Å². The van der Waals surface area contributed by atoms with E-state index in [1.165, 1.54) is 22.6 Å². The molecule has 0 aliphatic carbocycles. The third-order valence-electron chi connectivity index (χ3n) is 4.45. The van der Waals surface area contributed by atoms with Gasteiger partial charge in [-0.05, 0) is 31.9 Å². The Morgan fingerprint density at radius 3 is 2.96 bits per heavy atom. The highest BCUT2D eigenvalue weighted by Crippen LogP contribution is 2.28. The van der Waals surface area contributed by atoms with Crippen LogP contribution in [-0.2, 0) is 4.79 Å². The number of carbonyl (C=O) groups excluding carboxylic acids is 2. The first-order chi connectivity index (χ1) is 12.1. The molecule has 0 radical (unpaired) electrons. The quantitative estimate of drug-likeness (QED) is 0.465.